The molecule has 2 aliphatic rings. The minimum Gasteiger partial charge on any atom is -0.373 e. The summed E-state index contributed by atoms with van der Waals surface area (Å²) in [5, 5.41) is 3.68. The topological polar surface area (TPSA) is 21.3 Å². The molecule has 2 rings (SSSR count). The molecule has 0 bridgehead atoms. The highest BCUT2D eigenvalue weighted by atomic mass is 16.5. The van der Waals surface area contributed by atoms with Gasteiger partial charge in [-0.15, -0.1) is 0 Å². The van der Waals surface area contributed by atoms with E-state index in [0.717, 1.165) is 30.2 Å². The fourth-order valence-corrected chi connectivity index (χ4v) is 4.28. The van der Waals surface area contributed by atoms with Crippen LogP contribution in [0, 0.1) is 23.7 Å². The number of nitrogens with one attached hydrogen (secondary N) is 1. The Morgan fingerprint density at radius 2 is 1.76 bits per heavy atom. The molecule has 0 aromatic carbocycles. The van der Waals surface area contributed by atoms with E-state index in [0.29, 0.717) is 18.2 Å². The summed E-state index contributed by atoms with van der Waals surface area (Å²) in [6.07, 6.45) is 8.75. The van der Waals surface area contributed by atoms with E-state index in [1.54, 1.807) is 0 Å². The molecule has 0 saturated heterocycles. The summed E-state index contributed by atoms with van der Waals surface area (Å²) in [6.45, 7) is 12.8. The van der Waals surface area contributed by atoms with Gasteiger partial charge in [0.05, 0.1) is 12.2 Å². The molecule has 0 aromatic rings. The van der Waals surface area contributed by atoms with Crippen LogP contribution < -0.4 is 5.32 Å². The molecule has 0 aliphatic heterocycles. The highest BCUT2D eigenvalue weighted by molar-refractivity contribution is 4.88. The highest BCUT2D eigenvalue weighted by Crippen LogP contribution is 2.36. The normalized spacial score (nSPS) is 41.4. The molecule has 0 heterocycles. The van der Waals surface area contributed by atoms with Crippen molar-refractivity contribution in [2.45, 2.75) is 91.4 Å². The highest BCUT2D eigenvalue weighted by Gasteiger charge is 2.35. The maximum atomic E-state index is 6.63. The molecule has 124 valence electrons. The van der Waals surface area contributed by atoms with Crippen molar-refractivity contribution < 1.29 is 4.74 Å². The summed E-state index contributed by atoms with van der Waals surface area (Å²) < 4.78 is 6.63. The first-order chi connectivity index (χ1) is 10.0. The lowest BCUT2D eigenvalue weighted by Crippen LogP contribution is -2.48. The quantitative estimate of drug-likeness (QED) is 0.798. The monoisotopic (exact) mass is 295 g/mol. The van der Waals surface area contributed by atoms with Crippen molar-refractivity contribution in [3.05, 3.63) is 0 Å². The number of hydrogen-bond acceptors (Lipinski definition) is 2. The van der Waals surface area contributed by atoms with Crippen molar-refractivity contribution in [3.63, 3.8) is 0 Å². The van der Waals surface area contributed by atoms with Crippen LogP contribution in [0.2, 0.25) is 0 Å². The zero-order valence-electron chi connectivity index (χ0n) is 14.9. The van der Waals surface area contributed by atoms with E-state index in [1.165, 1.54) is 38.5 Å². The molecule has 0 amide bonds. The molecule has 0 radical (unpaired) electrons. The van der Waals surface area contributed by atoms with Crippen LogP contribution in [0.4, 0.5) is 0 Å². The first kappa shape index (κ1) is 17.3. The van der Waals surface area contributed by atoms with Gasteiger partial charge in [-0.3, -0.25) is 0 Å². The van der Waals surface area contributed by atoms with E-state index < -0.39 is 0 Å². The molecular formula is C19H37NO. The molecule has 0 spiro atoms. The van der Waals surface area contributed by atoms with E-state index >= 15 is 0 Å². The van der Waals surface area contributed by atoms with E-state index in [9.17, 15) is 0 Å². The summed E-state index contributed by atoms with van der Waals surface area (Å²) in [5.74, 6) is 3.35. The van der Waals surface area contributed by atoms with Crippen LogP contribution in [0.5, 0.6) is 0 Å². The molecule has 2 aliphatic carbocycles. The van der Waals surface area contributed by atoms with Gasteiger partial charge < -0.3 is 10.1 Å². The molecule has 0 aromatic heterocycles. The Morgan fingerprint density at radius 1 is 1.00 bits per heavy atom. The molecule has 2 heteroatoms. The minimum atomic E-state index is 0.441. The van der Waals surface area contributed by atoms with Crippen molar-refractivity contribution in [2.75, 3.05) is 6.54 Å². The van der Waals surface area contributed by atoms with Crippen molar-refractivity contribution in [1.29, 1.82) is 0 Å². The van der Waals surface area contributed by atoms with Gasteiger partial charge in [-0.25, -0.2) is 0 Å². The van der Waals surface area contributed by atoms with Crippen LogP contribution in [0.25, 0.3) is 0 Å². The van der Waals surface area contributed by atoms with Gasteiger partial charge >= 0.3 is 0 Å². The van der Waals surface area contributed by atoms with E-state index in [1.807, 2.05) is 0 Å². The van der Waals surface area contributed by atoms with Crippen molar-refractivity contribution in [1.82, 2.24) is 5.32 Å². The minimum absolute atomic E-state index is 0.441. The lowest BCUT2D eigenvalue weighted by atomic mass is 9.77. The molecule has 2 fully saturated rings. The fraction of sp³-hybridized carbons (Fsp3) is 1.00. The fourth-order valence-electron chi connectivity index (χ4n) is 4.28. The van der Waals surface area contributed by atoms with Gasteiger partial charge in [0.2, 0.25) is 0 Å². The van der Waals surface area contributed by atoms with Crippen molar-refractivity contribution in [3.8, 4) is 0 Å². The summed E-state index contributed by atoms with van der Waals surface area (Å²) in [7, 11) is 0. The molecule has 1 N–H and O–H groups in total. The maximum Gasteiger partial charge on any atom is 0.0734 e. The largest absolute Gasteiger partial charge is 0.373 e. The van der Waals surface area contributed by atoms with Crippen LogP contribution in [0.3, 0.4) is 0 Å². The second kappa shape index (κ2) is 7.97. The molecule has 2 nitrogen and oxygen atoms in total. The Bertz CT molecular complexity index is 304. The van der Waals surface area contributed by atoms with Crippen LogP contribution >= 0.6 is 0 Å². The first-order valence-electron chi connectivity index (χ1n) is 9.40. The zero-order valence-corrected chi connectivity index (χ0v) is 14.9. The molecular weight excluding hydrogens is 258 g/mol. The van der Waals surface area contributed by atoms with Gasteiger partial charge in [0.1, 0.15) is 0 Å². The van der Waals surface area contributed by atoms with Crippen LogP contribution in [-0.2, 0) is 4.74 Å². The third-order valence-electron chi connectivity index (χ3n) is 6.16. The number of ether oxygens (including phenoxy) is 1. The smallest absolute Gasteiger partial charge is 0.0734 e. The second-order valence-corrected chi connectivity index (χ2v) is 8.05. The number of rotatable bonds is 5. The van der Waals surface area contributed by atoms with Crippen molar-refractivity contribution in [2.24, 2.45) is 23.7 Å². The zero-order chi connectivity index (χ0) is 15.4. The van der Waals surface area contributed by atoms with Gasteiger partial charge in [0.15, 0.2) is 0 Å². The predicted octanol–water partition coefficient (Wildman–Crippen LogP) is 4.63. The molecule has 2 saturated carbocycles. The summed E-state index contributed by atoms with van der Waals surface area (Å²) in [4.78, 5) is 0. The predicted molar refractivity (Wildman–Crippen MR) is 90.5 cm³/mol. The number of likely N-dealkylation sites (N-methyl/N-ethyl adjacent to an activating group) is 1. The lowest BCUT2D eigenvalue weighted by molar-refractivity contribution is -0.0848. The van der Waals surface area contributed by atoms with Gasteiger partial charge in [-0.1, -0.05) is 34.6 Å². The Balaban J connectivity index is 1.92. The summed E-state index contributed by atoms with van der Waals surface area (Å²) in [5.41, 5.74) is 0. The summed E-state index contributed by atoms with van der Waals surface area (Å²) in [6, 6.07) is 0.583. The van der Waals surface area contributed by atoms with Gasteiger partial charge in [0.25, 0.3) is 0 Å². The molecule has 6 unspecified atom stereocenters. The average molecular weight is 296 g/mol. The van der Waals surface area contributed by atoms with Crippen LogP contribution in [0.15, 0.2) is 0 Å². The van der Waals surface area contributed by atoms with E-state index in [2.05, 4.69) is 39.9 Å². The second-order valence-electron chi connectivity index (χ2n) is 8.05. The Labute approximate surface area is 132 Å². The van der Waals surface area contributed by atoms with Gasteiger partial charge in [0, 0.05) is 6.04 Å². The Hall–Kier alpha value is -0.0800. The van der Waals surface area contributed by atoms with Gasteiger partial charge in [-0.05, 0) is 68.7 Å². The third-order valence-corrected chi connectivity index (χ3v) is 6.16. The Kier molecular flexibility index (Phi) is 6.55. The van der Waals surface area contributed by atoms with E-state index in [-0.39, 0.29) is 0 Å². The third kappa shape index (κ3) is 4.69. The SMILES string of the molecule is CCNC1CCC(C(C)C)CC1OC1CCC(C)C(C)C1. The van der Waals surface area contributed by atoms with Crippen molar-refractivity contribution >= 4 is 0 Å². The van der Waals surface area contributed by atoms with Gasteiger partial charge in [-0.2, -0.15) is 0 Å². The Morgan fingerprint density at radius 3 is 2.38 bits per heavy atom. The van der Waals surface area contributed by atoms with Crippen LogP contribution in [0.1, 0.15) is 73.1 Å². The summed E-state index contributed by atoms with van der Waals surface area (Å²) >= 11 is 0. The maximum absolute atomic E-state index is 6.63. The molecule has 6 atom stereocenters. The molecule has 21 heavy (non-hydrogen) atoms. The van der Waals surface area contributed by atoms with E-state index in [4.69, 9.17) is 4.74 Å². The number of hydrogen-bond donors (Lipinski definition) is 1. The standard InChI is InChI=1S/C19H37NO/c1-6-20-18-10-8-16(13(2)3)12-19(18)21-17-9-7-14(4)15(5)11-17/h13-20H,6-12H2,1-5H3. The van der Waals surface area contributed by atoms with Crippen LogP contribution in [-0.4, -0.2) is 24.8 Å². The average Bonchev–Trinajstić information content (AvgIpc) is 2.45. The lowest BCUT2D eigenvalue weighted by Gasteiger charge is -2.41. The first-order valence-corrected chi connectivity index (χ1v) is 9.40.